The fourth-order valence-electron chi connectivity index (χ4n) is 1.76. The normalized spacial score (nSPS) is 10.8. The van der Waals surface area contributed by atoms with Crippen LogP contribution in [-0.2, 0) is 0 Å². The van der Waals surface area contributed by atoms with Crippen LogP contribution in [0.5, 0.6) is 5.75 Å². The van der Waals surface area contributed by atoms with Crippen LogP contribution in [0.2, 0.25) is 5.02 Å². The quantitative estimate of drug-likeness (QED) is 0.622. The molecule has 0 aliphatic rings. The van der Waals surface area contributed by atoms with E-state index in [0.717, 1.165) is 23.8 Å². The van der Waals surface area contributed by atoms with Crippen LogP contribution < -0.4 is 10.4 Å². The van der Waals surface area contributed by atoms with Gasteiger partial charge in [0.15, 0.2) is 0 Å². The maximum atomic E-state index is 11.3. The van der Waals surface area contributed by atoms with Gasteiger partial charge in [0, 0.05) is 17.5 Å². The molecule has 0 saturated carbocycles. The first kappa shape index (κ1) is 13.0. The van der Waals surface area contributed by atoms with Crippen molar-refractivity contribution in [3.8, 4) is 5.75 Å². The van der Waals surface area contributed by atoms with Gasteiger partial charge in [0.1, 0.15) is 11.3 Å². The van der Waals surface area contributed by atoms with Gasteiger partial charge >= 0.3 is 5.63 Å². The predicted molar refractivity (Wildman–Crippen MR) is 72.6 cm³/mol. The molecule has 18 heavy (non-hydrogen) atoms. The molecule has 2 rings (SSSR count). The van der Waals surface area contributed by atoms with Crippen molar-refractivity contribution in [1.29, 1.82) is 0 Å². The summed E-state index contributed by atoms with van der Waals surface area (Å²) in [5.41, 5.74) is 0.988. The van der Waals surface area contributed by atoms with E-state index in [-0.39, 0.29) is 5.63 Å². The molecule has 3 nitrogen and oxygen atoms in total. The second-order valence-corrected chi connectivity index (χ2v) is 4.64. The summed E-state index contributed by atoms with van der Waals surface area (Å²) in [5, 5.41) is 1.32. The molecule has 4 heteroatoms. The average molecular weight is 267 g/mol. The lowest BCUT2D eigenvalue weighted by Crippen LogP contribution is -2.00. The molecule has 0 saturated heterocycles. The highest BCUT2D eigenvalue weighted by Crippen LogP contribution is 2.31. The molecule has 1 heterocycles. The summed E-state index contributed by atoms with van der Waals surface area (Å²) < 4.78 is 10.7. The van der Waals surface area contributed by atoms with Crippen molar-refractivity contribution in [1.82, 2.24) is 0 Å². The number of ether oxygens (including phenoxy) is 1. The molecule has 0 aliphatic heterocycles. The molecule has 1 aromatic heterocycles. The van der Waals surface area contributed by atoms with Crippen LogP contribution in [0, 0.1) is 6.92 Å². The first-order valence-electron chi connectivity index (χ1n) is 5.98. The van der Waals surface area contributed by atoms with Crippen molar-refractivity contribution in [2.45, 2.75) is 26.7 Å². The van der Waals surface area contributed by atoms with Gasteiger partial charge in [-0.05, 0) is 25.0 Å². The van der Waals surface area contributed by atoms with Crippen molar-refractivity contribution in [2.24, 2.45) is 0 Å². The van der Waals surface area contributed by atoms with E-state index in [2.05, 4.69) is 6.92 Å². The Labute approximate surface area is 110 Å². The fraction of sp³-hybridized carbons (Fsp3) is 0.357. The van der Waals surface area contributed by atoms with Crippen LogP contribution in [0.4, 0.5) is 0 Å². The Bertz CT molecular complexity index is 616. The van der Waals surface area contributed by atoms with Gasteiger partial charge < -0.3 is 9.15 Å². The Kier molecular flexibility index (Phi) is 3.92. The molecular weight excluding hydrogens is 252 g/mol. The van der Waals surface area contributed by atoms with Crippen molar-refractivity contribution in [3.63, 3.8) is 0 Å². The number of unbranched alkanes of at least 4 members (excludes halogenated alkanes) is 1. The van der Waals surface area contributed by atoms with Crippen LogP contribution in [0.25, 0.3) is 11.0 Å². The SMILES string of the molecule is CCCCOc1cc2c(C)cc(=O)oc2cc1Cl. The standard InChI is InChI=1S/C14H15ClO3/c1-3-4-5-17-13-7-10-9(2)6-14(16)18-12(10)8-11(13)15/h6-8H,3-5H2,1-2H3. The molecule has 0 atom stereocenters. The Morgan fingerprint density at radius 1 is 1.33 bits per heavy atom. The van der Waals surface area contributed by atoms with Gasteiger partial charge in [-0.1, -0.05) is 24.9 Å². The van der Waals surface area contributed by atoms with Gasteiger partial charge in [-0.15, -0.1) is 0 Å². The zero-order valence-electron chi connectivity index (χ0n) is 10.5. The molecule has 0 spiro atoms. The van der Waals surface area contributed by atoms with E-state index in [4.69, 9.17) is 20.8 Å². The highest BCUT2D eigenvalue weighted by Gasteiger charge is 2.08. The zero-order valence-corrected chi connectivity index (χ0v) is 11.2. The molecule has 0 amide bonds. The predicted octanol–water partition coefficient (Wildman–Crippen LogP) is 3.93. The maximum absolute atomic E-state index is 11.3. The Morgan fingerprint density at radius 2 is 2.11 bits per heavy atom. The molecule has 0 fully saturated rings. The third kappa shape index (κ3) is 2.67. The third-order valence-electron chi connectivity index (χ3n) is 2.76. The fourth-order valence-corrected chi connectivity index (χ4v) is 1.97. The molecule has 1 aromatic carbocycles. The van der Waals surface area contributed by atoms with E-state index in [1.54, 1.807) is 6.07 Å². The number of rotatable bonds is 4. The maximum Gasteiger partial charge on any atom is 0.336 e. The molecular formula is C14H15ClO3. The topological polar surface area (TPSA) is 39.4 Å². The summed E-state index contributed by atoms with van der Waals surface area (Å²) in [4.78, 5) is 11.3. The van der Waals surface area contributed by atoms with Crippen LogP contribution in [0.1, 0.15) is 25.3 Å². The minimum Gasteiger partial charge on any atom is -0.492 e. The lowest BCUT2D eigenvalue weighted by Gasteiger charge is -2.09. The lowest BCUT2D eigenvalue weighted by molar-refractivity contribution is 0.310. The molecule has 0 aliphatic carbocycles. The van der Waals surface area contributed by atoms with Crippen molar-refractivity contribution in [2.75, 3.05) is 6.61 Å². The number of fused-ring (bicyclic) bond motifs is 1. The van der Waals surface area contributed by atoms with E-state index < -0.39 is 0 Å². The second-order valence-electron chi connectivity index (χ2n) is 4.23. The number of aryl methyl sites for hydroxylation is 1. The number of halogens is 1. The van der Waals surface area contributed by atoms with E-state index in [1.807, 2.05) is 13.0 Å². The van der Waals surface area contributed by atoms with E-state index in [9.17, 15) is 4.79 Å². The van der Waals surface area contributed by atoms with Gasteiger partial charge in [0.25, 0.3) is 0 Å². The molecule has 0 unspecified atom stereocenters. The van der Waals surface area contributed by atoms with Crippen molar-refractivity contribution in [3.05, 3.63) is 39.2 Å². The number of hydrogen-bond donors (Lipinski definition) is 0. The van der Waals surface area contributed by atoms with Crippen LogP contribution in [0.3, 0.4) is 0 Å². The van der Waals surface area contributed by atoms with Gasteiger partial charge in [0.05, 0.1) is 11.6 Å². The molecule has 96 valence electrons. The zero-order chi connectivity index (χ0) is 13.1. The smallest absolute Gasteiger partial charge is 0.336 e. The summed E-state index contributed by atoms with van der Waals surface area (Å²) in [6.07, 6.45) is 2.05. The van der Waals surface area contributed by atoms with E-state index in [1.165, 1.54) is 6.07 Å². The summed E-state index contributed by atoms with van der Waals surface area (Å²) in [5.74, 6) is 0.634. The van der Waals surface area contributed by atoms with Crippen molar-refractivity contribution < 1.29 is 9.15 Å². The first-order valence-corrected chi connectivity index (χ1v) is 6.36. The highest BCUT2D eigenvalue weighted by molar-refractivity contribution is 6.32. The molecule has 2 aromatic rings. The summed E-state index contributed by atoms with van der Waals surface area (Å²) in [6.45, 7) is 4.60. The van der Waals surface area contributed by atoms with Crippen LogP contribution >= 0.6 is 11.6 Å². The van der Waals surface area contributed by atoms with E-state index >= 15 is 0 Å². The van der Waals surface area contributed by atoms with E-state index in [0.29, 0.717) is 23.0 Å². The van der Waals surface area contributed by atoms with Crippen LogP contribution in [0.15, 0.2) is 27.4 Å². The highest BCUT2D eigenvalue weighted by atomic mass is 35.5. The third-order valence-corrected chi connectivity index (χ3v) is 3.05. The minimum absolute atomic E-state index is 0.365. The second kappa shape index (κ2) is 5.44. The van der Waals surface area contributed by atoms with Gasteiger partial charge in [-0.3, -0.25) is 0 Å². The largest absolute Gasteiger partial charge is 0.492 e. The van der Waals surface area contributed by atoms with Crippen LogP contribution in [-0.4, -0.2) is 6.61 Å². The summed E-state index contributed by atoms with van der Waals surface area (Å²) >= 11 is 6.10. The lowest BCUT2D eigenvalue weighted by atomic mass is 10.1. The van der Waals surface area contributed by atoms with Crippen molar-refractivity contribution >= 4 is 22.6 Å². The monoisotopic (exact) mass is 266 g/mol. The number of benzene rings is 1. The first-order chi connectivity index (χ1) is 8.61. The molecule has 0 N–H and O–H groups in total. The number of hydrogen-bond acceptors (Lipinski definition) is 3. The Balaban J connectivity index is 2.44. The molecule has 0 bridgehead atoms. The Morgan fingerprint density at radius 3 is 2.83 bits per heavy atom. The molecule has 0 radical (unpaired) electrons. The summed E-state index contributed by atoms with van der Waals surface area (Å²) in [6, 6.07) is 4.92. The Hall–Kier alpha value is -1.48. The van der Waals surface area contributed by atoms with Gasteiger partial charge in [-0.25, -0.2) is 4.79 Å². The van der Waals surface area contributed by atoms with Gasteiger partial charge in [0.2, 0.25) is 0 Å². The summed E-state index contributed by atoms with van der Waals surface area (Å²) in [7, 11) is 0. The average Bonchev–Trinajstić information content (AvgIpc) is 2.30. The van der Waals surface area contributed by atoms with Gasteiger partial charge in [-0.2, -0.15) is 0 Å². The minimum atomic E-state index is -0.365.